The van der Waals surface area contributed by atoms with Crippen LogP contribution in [-0.4, -0.2) is 25.2 Å². The molecule has 20 heavy (non-hydrogen) atoms. The van der Waals surface area contributed by atoms with Crippen molar-refractivity contribution in [2.24, 2.45) is 11.3 Å². The molecule has 0 aliphatic carbocycles. The lowest BCUT2D eigenvalue weighted by Gasteiger charge is -2.32. The first-order valence-corrected chi connectivity index (χ1v) is 7.71. The van der Waals surface area contributed by atoms with Crippen LogP contribution in [0.25, 0.3) is 0 Å². The van der Waals surface area contributed by atoms with E-state index in [0.29, 0.717) is 13.2 Å². The van der Waals surface area contributed by atoms with Crippen LogP contribution in [0.3, 0.4) is 0 Å². The molecule has 0 bridgehead atoms. The quantitative estimate of drug-likeness (QED) is 0.453. The van der Waals surface area contributed by atoms with Gasteiger partial charge in [-0.15, -0.1) is 0 Å². The standard InChI is InChI=1S/C16H30O4/c1-6-9-10-11-16(4,5)13(15(18)20-8-3)12-14(17)19-7-2/h13H,6-12H2,1-5H3. The predicted octanol–water partition coefficient (Wildman–Crippen LogP) is 3.73. The van der Waals surface area contributed by atoms with Gasteiger partial charge in [0.2, 0.25) is 0 Å². The Labute approximate surface area is 123 Å². The summed E-state index contributed by atoms with van der Waals surface area (Å²) in [6, 6.07) is 0. The number of hydrogen-bond donors (Lipinski definition) is 0. The van der Waals surface area contributed by atoms with E-state index in [9.17, 15) is 9.59 Å². The summed E-state index contributed by atoms with van der Waals surface area (Å²) >= 11 is 0. The van der Waals surface area contributed by atoms with Crippen molar-refractivity contribution in [3.8, 4) is 0 Å². The normalized spacial score (nSPS) is 12.8. The van der Waals surface area contributed by atoms with Gasteiger partial charge in [0.25, 0.3) is 0 Å². The second-order valence-corrected chi connectivity index (χ2v) is 5.76. The van der Waals surface area contributed by atoms with Crippen molar-refractivity contribution in [3.05, 3.63) is 0 Å². The Morgan fingerprint density at radius 2 is 1.60 bits per heavy atom. The van der Waals surface area contributed by atoms with Crippen LogP contribution in [0.15, 0.2) is 0 Å². The Kier molecular flexibility index (Phi) is 9.26. The average molecular weight is 286 g/mol. The summed E-state index contributed by atoms with van der Waals surface area (Å²) in [7, 11) is 0. The third-order valence-corrected chi connectivity index (χ3v) is 3.62. The molecule has 0 aromatic heterocycles. The van der Waals surface area contributed by atoms with Gasteiger partial charge in [-0.2, -0.15) is 0 Å². The molecule has 0 aromatic carbocycles. The van der Waals surface area contributed by atoms with Gasteiger partial charge in [0.1, 0.15) is 0 Å². The van der Waals surface area contributed by atoms with Crippen molar-refractivity contribution in [3.63, 3.8) is 0 Å². The van der Waals surface area contributed by atoms with Crippen LogP contribution in [0.5, 0.6) is 0 Å². The molecule has 0 spiro atoms. The van der Waals surface area contributed by atoms with E-state index in [1.54, 1.807) is 13.8 Å². The number of esters is 2. The molecule has 1 atom stereocenters. The zero-order valence-corrected chi connectivity index (χ0v) is 13.7. The number of hydrogen-bond acceptors (Lipinski definition) is 4. The molecule has 0 aromatic rings. The van der Waals surface area contributed by atoms with Crippen LogP contribution in [0.1, 0.15) is 66.7 Å². The van der Waals surface area contributed by atoms with Crippen molar-refractivity contribution in [1.29, 1.82) is 0 Å². The lowest BCUT2D eigenvalue weighted by Crippen LogP contribution is -2.35. The zero-order chi connectivity index (χ0) is 15.6. The van der Waals surface area contributed by atoms with E-state index in [0.717, 1.165) is 25.7 Å². The van der Waals surface area contributed by atoms with Gasteiger partial charge in [-0.25, -0.2) is 0 Å². The average Bonchev–Trinajstić information content (AvgIpc) is 2.36. The fourth-order valence-corrected chi connectivity index (χ4v) is 2.31. The van der Waals surface area contributed by atoms with Gasteiger partial charge >= 0.3 is 11.9 Å². The van der Waals surface area contributed by atoms with Crippen LogP contribution in [0, 0.1) is 11.3 Å². The highest BCUT2D eigenvalue weighted by Crippen LogP contribution is 2.36. The van der Waals surface area contributed by atoms with Crippen molar-refractivity contribution >= 4 is 11.9 Å². The Balaban J connectivity index is 4.79. The maximum Gasteiger partial charge on any atom is 0.310 e. The first kappa shape index (κ1) is 18.9. The van der Waals surface area contributed by atoms with Gasteiger partial charge in [-0.3, -0.25) is 9.59 Å². The van der Waals surface area contributed by atoms with Crippen molar-refractivity contribution in [2.45, 2.75) is 66.7 Å². The Morgan fingerprint density at radius 1 is 1.00 bits per heavy atom. The van der Waals surface area contributed by atoms with Crippen LogP contribution in [0.2, 0.25) is 0 Å². The van der Waals surface area contributed by atoms with E-state index in [2.05, 4.69) is 6.92 Å². The van der Waals surface area contributed by atoms with Gasteiger partial charge in [0.15, 0.2) is 0 Å². The topological polar surface area (TPSA) is 52.6 Å². The van der Waals surface area contributed by atoms with Gasteiger partial charge in [-0.05, 0) is 25.7 Å². The summed E-state index contributed by atoms with van der Waals surface area (Å²) in [6.07, 6.45) is 4.34. The number of unbranched alkanes of at least 4 members (excludes halogenated alkanes) is 2. The molecule has 0 heterocycles. The number of rotatable bonds is 10. The summed E-state index contributed by atoms with van der Waals surface area (Å²) < 4.78 is 10.1. The summed E-state index contributed by atoms with van der Waals surface area (Å²) in [6.45, 7) is 10.4. The number of ether oxygens (including phenoxy) is 2. The minimum absolute atomic E-state index is 0.103. The molecule has 1 unspecified atom stereocenters. The van der Waals surface area contributed by atoms with Crippen LogP contribution >= 0.6 is 0 Å². The summed E-state index contributed by atoms with van der Waals surface area (Å²) in [5, 5.41) is 0. The van der Waals surface area contributed by atoms with E-state index >= 15 is 0 Å². The van der Waals surface area contributed by atoms with E-state index in [1.165, 1.54) is 0 Å². The SMILES string of the molecule is CCCCCC(C)(C)C(CC(=O)OCC)C(=O)OCC. The molecule has 0 fully saturated rings. The highest BCUT2D eigenvalue weighted by Gasteiger charge is 2.37. The molecule has 0 aliphatic rings. The second kappa shape index (κ2) is 9.78. The van der Waals surface area contributed by atoms with Crippen molar-refractivity contribution in [2.75, 3.05) is 13.2 Å². The number of carbonyl (C=O) groups excluding carboxylic acids is 2. The Bertz CT molecular complexity index is 297. The molecule has 0 aliphatic heterocycles. The van der Waals surface area contributed by atoms with Gasteiger partial charge < -0.3 is 9.47 Å². The molecule has 0 saturated carbocycles. The fraction of sp³-hybridized carbons (Fsp3) is 0.875. The van der Waals surface area contributed by atoms with Gasteiger partial charge in [0.05, 0.1) is 25.6 Å². The first-order valence-electron chi connectivity index (χ1n) is 7.71. The van der Waals surface area contributed by atoms with Gasteiger partial charge in [-0.1, -0.05) is 40.0 Å². The minimum Gasteiger partial charge on any atom is -0.466 e. The van der Waals surface area contributed by atoms with E-state index in [4.69, 9.17) is 9.47 Å². The van der Waals surface area contributed by atoms with E-state index in [1.807, 2.05) is 13.8 Å². The van der Waals surface area contributed by atoms with Crippen molar-refractivity contribution in [1.82, 2.24) is 0 Å². The second-order valence-electron chi connectivity index (χ2n) is 5.76. The lowest BCUT2D eigenvalue weighted by molar-refractivity contribution is -0.159. The molecule has 0 N–H and O–H groups in total. The third kappa shape index (κ3) is 6.92. The molecular weight excluding hydrogens is 256 g/mol. The summed E-state index contributed by atoms with van der Waals surface area (Å²) in [5.41, 5.74) is -0.256. The maximum atomic E-state index is 12.1. The van der Waals surface area contributed by atoms with Crippen LogP contribution in [0.4, 0.5) is 0 Å². The monoisotopic (exact) mass is 286 g/mol. The summed E-state index contributed by atoms with van der Waals surface area (Å²) in [4.78, 5) is 23.8. The summed E-state index contributed by atoms with van der Waals surface area (Å²) in [5.74, 6) is -1.05. The smallest absolute Gasteiger partial charge is 0.310 e. The Morgan fingerprint density at radius 3 is 2.10 bits per heavy atom. The largest absolute Gasteiger partial charge is 0.466 e. The lowest BCUT2D eigenvalue weighted by atomic mass is 9.73. The third-order valence-electron chi connectivity index (χ3n) is 3.62. The highest BCUT2D eigenvalue weighted by atomic mass is 16.5. The molecule has 0 amide bonds. The maximum absolute atomic E-state index is 12.1. The molecule has 0 rings (SSSR count). The van der Waals surface area contributed by atoms with Crippen LogP contribution in [-0.2, 0) is 19.1 Å². The van der Waals surface area contributed by atoms with Gasteiger partial charge in [0, 0.05) is 0 Å². The Hall–Kier alpha value is -1.06. The molecule has 118 valence electrons. The predicted molar refractivity (Wildman–Crippen MR) is 79.3 cm³/mol. The molecule has 4 heteroatoms. The molecule has 0 radical (unpaired) electrons. The zero-order valence-electron chi connectivity index (χ0n) is 13.7. The van der Waals surface area contributed by atoms with E-state index < -0.39 is 5.92 Å². The molecular formula is C16H30O4. The minimum atomic E-state index is -0.432. The first-order chi connectivity index (χ1) is 9.38. The molecule has 4 nitrogen and oxygen atoms in total. The van der Waals surface area contributed by atoms with Crippen LogP contribution < -0.4 is 0 Å². The number of carbonyl (C=O) groups is 2. The fourth-order valence-electron chi connectivity index (χ4n) is 2.31. The van der Waals surface area contributed by atoms with Crippen molar-refractivity contribution < 1.29 is 19.1 Å². The van der Waals surface area contributed by atoms with E-state index in [-0.39, 0.29) is 23.8 Å². The molecule has 0 saturated heterocycles. The highest BCUT2D eigenvalue weighted by molar-refractivity contribution is 5.80.